The van der Waals surface area contributed by atoms with Gasteiger partial charge in [-0.1, -0.05) is 30.0 Å². The fraction of sp³-hybridized carbons (Fsp3) is 0.250. The summed E-state index contributed by atoms with van der Waals surface area (Å²) in [5, 5.41) is 8.45. The molecule has 1 rings (SSSR count). The molecule has 0 heterocycles. The number of carboxylic acid groups (broad SMARTS) is 1. The molecular weight excluding hydrogens is 240 g/mol. The first-order chi connectivity index (χ1) is 7.88. The molecule has 1 N–H and O–H groups in total. The van der Waals surface area contributed by atoms with Gasteiger partial charge in [-0.05, 0) is 11.6 Å². The molecule has 0 aliphatic rings. The fourth-order valence-corrected chi connectivity index (χ4v) is 2.08. The summed E-state index contributed by atoms with van der Waals surface area (Å²) in [5.74, 6) is 4.06. The van der Waals surface area contributed by atoms with Crippen LogP contribution in [-0.2, 0) is 20.4 Å². The van der Waals surface area contributed by atoms with Crippen LogP contribution in [0.1, 0.15) is 17.5 Å². The number of aliphatic carboxylic acids is 1. The van der Waals surface area contributed by atoms with Crippen LogP contribution in [0.4, 0.5) is 0 Å². The van der Waals surface area contributed by atoms with Crippen molar-refractivity contribution in [3.8, 4) is 11.8 Å². The smallest absolute Gasteiger partial charge is 0.315 e. The van der Waals surface area contributed by atoms with Gasteiger partial charge in [0.05, 0.1) is 5.75 Å². The minimum atomic E-state index is -3.13. The quantitative estimate of drug-likeness (QED) is 0.816. The van der Waals surface area contributed by atoms with Gasteiger partial charge in [-0.25, -0.2) is 8.42 Å². The van der Waals surface area contributed by atoms with E-state index >= 15 is 0 Å². The number of rotatable bonds is 3. The summed E-state index contributed by atoms with van der Waals surface area (Å²) in [5.41, 5.74) is 1.15. The Kier molecular flexibility index (Phi) is 4.30. The molecule has 0 aliphatic carbocycles. The van der Waals surface area contributed by atoms with Gasteiger partial charge in [0.15, 0.2) is 9.84 Å². The normalized spacial score (nSPS) is 10.4. The van der Waals surface area contributed by atoms with E-state index in [1.165, 1.54) is 0 Å². The molecule has 0 bridgehead atoms. The second kappa shape index (κ2) is 5.51. The number of carbonyl (C=O) groups is 1. The van der Waals surface area contributed by atoms with Crippen molar-refractivity contribution in [2.24, 2.45) is 0 Å². The number of hydrogen-bond donors (Lipinski definition) is 1. The van der Waals surface area contributed by atoms with Gasteiger partial charge in [0.25, 0.3) is 0 Å². The summed E-state index contributed by atoms with van der Waals surface area (Å²) >= 11 is 0. The summed E-state index contributed by atoms with van der Waals surface area (Å²) in [4.78, 5) is 10.3. The van der Waals surface area contributed by atoms with Gasteiger partial charge in [0.1, 0.15) is 6.42 Å². The standard InChI is InChI=1S/C12H12O4S/c1-17(15,16)9-11-6-3-2-5-10(11)7-4-8-12(13)14/h2-3,5-6H,8-9H2,1H3,(H,13,14). The van der Waals surface area contributed by atoms with Crippen LogP contribution in [0, 0.1) is 11.8 Å². The Balaban J connectivity index is 2.99. The van der Waals surface area contributed by atoms with Crippen LogP contribution in [0.15, 0.2) is 24.3 Å². The average Bonchev–Trinajstić information content (AvgIpc) is 2.17. The zero-order valence-corrected chi connectivity index (χ0v) is 10.1. The molecule has 0 aliphatic heterocycles. The molecule has 1 aromatic carbocycles. The van der Waals surface area contributed by atoms with Crippen molar-refractivity contribution in [3.05, 3.63) is 35.4 Å². The van der Waals surface area contributed by atoms with E-state index in [1.54, 1.807) is 24.3 Å². The Morgan fingerprint density at radius 1 is 1.35 bits per heavy atom. The van der Waals surface area contributed by atoms with Crippen molar-refractivity contribution in [1.82, 2.24) is 0 Å². The van der Waals surface area contributed by atoms with E-state index in [0.717, 1.165) is 6.26 Å². The minimum Gasteiger partial charge on any atom is -0.481 e. The lowest BCUT2D eigenvalue weighted by Gasteiger charge is -2.02. The Labute approximate surface area is 100 Å². The van der Waals surface area contributed by atoms with Crippen molar-refractivity contribution in [1.29, 1.82) is 0 Å². The Morgan fingerprint density at radius 2 is 2.00 bits per heavy atom. The van der Waals surface area contributed by atoms with Crippen molar-refractivity contribution >= 4 is 15.8 Å². The van der Waals surface area contributed by atoms with Crippen molar-refractivity contribution in [2.75, 3.05) is 6.26 Å². The third kappa shape index (κ3) is 5.18. The zero-order valence-electron chi connectivity index (χ0n) is 9.30. The van der Waals surface area contributed by atoms with Crippen LogP contribution in [0.3, 0.4) is 0 Å². The van der Waals surface area contributed by atoms with Gasteiger partial charge < -0.3 is 5.11 Å². The summed E-state index contributed by atoms with van der Waals surface area (Å²) < 4.78 is 22.4. The Morgan fingerprint density at radius 3 is 2.59 bits per heavy atom. The van der Waals surface area contributed by atoms with Gasteiger partial charge >= 0.3 is 5.97 Å². The van der Waals surface area contributed by atoms with E-state index in [0.29, 0.717) is 11.1 Å². The number of carboxylic acids is 1. The van der Waals surface area contributed by atoms with E-state index in [9.17, 15) is 13.2 Å². The van der Waals surface area contributed by atoms with E-state index in [-0.39, 0.29) is 12.2 Å². The third-order valence-electron chi connectivity index (χ3n) is 1.90. The van der Waals surface area contributed by atoms with Gasteiger partial charge in [-0.15, -0.1) is 0 Å². The minimum absolute atomic E-state index is 0.0923. The molecule has 90 valence electrons. The summed E-state index contributed by atoms with van der Waals surface area (Å²) in [6.45, 7) is 0. The van der Waals surface area contributed by atoms with Crippen LogP contribution >= 0.6 is 0 Å². The molecule has 0 saturated carbocycles. The maximum atomic E-state index is 11.2. The molecule has 17 heavy (non-hydrogen) atoms. The summed E-state index contributed by atoms with van der Waals surface area (Å²) in [6.07, 6.45) is 0.891. The predicted octanol–water partition coefficient (Wildman–Crippen LogP) is 1.06. The van der Waals surface area contributed by atoms with Crippen molar-refractivity contribution < 1.29 is 18.3 Å². The molecule has 0 atom stereocenters. The molecule has 1 aromatic rings. The molecule has 0 unspecified atom stereocenters. The van der Waals surface area contributed by atoms with Crippen LogP contribution in [-0.4, -0.2) is 25.7 Å². The van der Waals surface area contributed by atoms with Gasteiger partial charge in [0, 0.05) is 11.8 Å². The summed E-state index contributed by atoms with van der Waals surface area (Å²) in [7, 11) is -3.13. The van der Waals surface area contributed by atoms with Gasteiger partial charge in [0.2, 0.25) is 0 Å². The molecule has 0 fully saturated rings. The van der Waals surface area contributed by atoms with Crippen molar-refractivity contribution in [2.45, 2.75) is 12.2 Å². The number of hydrogen-bond acceptors (Lipinski definition) is 3. The van der Waals surface area contributed by atoms with Crippen LogP contribution in [0.5, 0.6) is 0 Å². The second-order valence-electron chi connectivity index (χ2n) is 3.60. The maximum Gasteiger partial charge on any atom is 0.315 e. The lowest BCUT2D eigenvalue weighted by atomic mass is 10.1. The lowest BCUT2D eigenvalue weighted by Crippen LogP contribution is -2.02. The average molecular weight is 252 g/mol. The van der Waals surface area contributed by atoms with E-state index in [4.69, 9.17) is 5.11 Å². The predicted molar refractivity (Wildman–Crippen MR) is 64.1 cm³/mol. The first-order valence-electron chi connectivity index (χ1n) is 4.85. The fourth-order valence-electron chi connectivity index (χ4n) is 1.27. The van der Waals surface area contributed by atoms with Gasteiger partial charge in [-0.2, -0.15) is 0 Å². The first-order valence-corrected chi connectivity index (χ1v) is 6.91. The van der Waals surface area contributed by atoms with Crippen LogP contribution in [0.25, 0.3) is 0 Å². The maximum absolute atomic E-state index is 11.2. The van der Waals surface area contributed by atoms with Crippen molar-refractivity contribution in [3.63, 3.8) is 0 Å². The Bertz CT molecular complexity index is 576. The molecular formula is C12H12O4S. The zero-order chi connectivity index (χ0) is 12.9. The highest BCUT2D eigenvalue weighted by Gasteiger charge is 2.07. The third-order valence-corrected chi connectivity index (χ3v) is 2.73. The second-order valence-corrected chi connectivity index (χ2v) is 5.74. The SMILES string of the molecule is CS(=O)(=O)Cc1ccccc1C#CCC(=O)O. The monoisotopic (exact) mass is 252 g/mol. The molecule has 0 spiro atoms. The lowest BCUT2D eigenvalue weighted by molar-refractivity contribution is -0.135. The molecule has 0 radical (unpaired) electrons. The topological polar surface area (TPSA) is 71.4 Å². The highest BCUT2D eigenvalue weighted by Crippen LogP contribution is 2.10. The van der Waals surface area contributed by atoms with E-state index in [2.05, 4.69) is 11.8 Å². The first kappa shape index (κ1) is 13.3. The highest BCUT2D eigenvalue weighted by molar-refractivity contribution is 7.89. The molecule has 5 heteroatoms. The molecule has 4 nitrogen and oxygen atoms in total. The van der Waals surface area contributed by atoms with Gasteiger partial charge in [-0.3, -0.25) is 4.79 Å². The molecule has 0 amide bonds. The van der Waals surface area contributed by atoms with E-state index < -0.39 is 15.8 Å². The number of sulfone groups is 1. The largest absolute Gasteiger partial charge is 0.481 e. The van der Waals surface area contributed by atoms with Crippen LogP contribution < -0.4 is 0 Å². The number of benzene rings is 1. The summed E-state index contributed by atoms with van der Waals surface area (Å²) in [6, 6.07) is 6.81. The van der Waals surface area contributed by atoms with Crippen LogP contribution in [0.2, 0.25) is 0 Å². The highest BCUT2D eigenvalue weighted by atomic mass is 32.2. The molecule has 0 aromatic heterocycles. The molecule has 0 saturated heterocycles. The Hall–Kier alpha value is -1.80. The van der Waals surface area contributed by atoms with E-state index in [1.807, 2.05) is 0 Å².